The minimum atomic E-state index is -0.706. The van der Waals surface area contributed by atoms with Crippen LogP contribution in [0.4, 0.5) is 0 Å². The molecule has 26 heavy (non-hydrogen) atoms. The van der Waals surface area contributed by atoms with Crippen LogP contribution in [0.2, 0.25) is 0 Å². The predicted molar refractivity (Wildman–Crippen MR) is 104 cm³/mol. The third kappa shape index (κ3) is 3.46. The number of carbonyl (C=O) groups is 1. The Kier molecular flexibility index (Phi) is 4.67. The summed E-state index contributed by atoms with van der Waals surface area (Å²) in [7, 11) is 0. The van der Waals surface area contributed by atoms with Gasteiger partial charge in [-0.3, -0.25) is 4.79 Å². The van der Waals surface area contributed by atoms with Crippen molar-refractivity contribution in [2.45, 2.75) is 25.0 Å². The largest absolute Gasteiger partial charge is 0.452 e. The monoisotopic (exact) mass is 475 g/mol. The molecule has 0 saturated carbocycles. The predicted octanol–water partition coefficient (Wildman–Crippen LogP) is 4.70. The van der Waals surface area contributed by atoms with Crippen LogP contribution >= 0.6 is 31.9 Å². The molecule has 0 unspecified atom stereocenters. The van der Waals surface area contributed by atoms with E-state index >= 15 is 0 Å². The van der Waals surface area contributed by atoms with Crippen molar-refractivity contribution in [3.8, 4) is 11.3 Å². The zero-order chi connectivity index (χ0) is 18.1. The lowest BCUT2D eigenvalue weighted by atomic mass is 9.91. The van der Waals surface area contributed by atoms with E-state index in [-0.39, 0.29) is 5.97 Å². The molecule has 2 aromatic carbocycles. The second kappa shape index (κ2) is 6.96. The van der Waals surface area contributed by atoms with Crippen LogP contribution in [0.15, 0.2) is 63.7 Å². The van der Waals surface area contributed by atoms with E-state index in [2.05, 4.69) is 42.2 Å². The van der Waals surface area contributed by atoms with Crippen molar-refractivity contribution in [2.75, 3.05) is 0 Å². The molecule has 0 amide bonds. The summed E-state index contributed by atoms with van der Waals surface area (Å²) >= 11 is 6.88. The molecule has 3 aromatic rings. The molecule has 7 heteroatoms. The van der Waals surface area contributed by atoms with Crippen LogP contribution in [0.25, 0.3) is 11.3 Å². The van der Waals surface area contributed by atoms with Gasteiger partial charge < -0.3 is 4.74 Å². The van der Waals surface area contributed by atoms with Crippen LogP contribution in [0.5, 0.6) is 0 Å². The molecule has 1 aliphatic rings. The lowest BCUT2D eigenvalue weighted by Crippen LogP contribution is -2.31. The Hall–Kier alpha value is -1.99. The van der Waals surface area contributed by atoms with Crippen molar-refractivity contribution in [3.05, 3.63) is 69.2 Å². The van der Waals surface area contributed by atoms with Gasteiger partial charge in [0.15, 0.2) is 5.60 Å². The van der Waals surface area contributed by atoms with E-state index in [1.165, 1.54) is 0 Å². The van der Waals surface area contributed by atoms with Crippen molar-refractivity contribution >= 4 is 37.8 Å². The maximum atomic E-state index is 11.9. The number of carbonyl (C=O) groups excluding carboxylic acids is 1. The molecule has 4 rings (SSSR count). The highest BCUT2D eigenvalue weighted by molar-refractivity contribution is 9.10. The van der Waals surface area contributed by atoms with Crippen LogP contribution in [0.3, 0.4) is 0 Å². The molecule has 0 aliphatic carbocycles. The lowest BCUT2D eigenvalue weighted by Gasteiger charge is -2.28. The molecule has 132 valence electrons. The minimum absolute atomic E-state index is 0.179. The first kappa shape index (κ1) is 17.4. The molecule has 0 bridgehead atoms. The summed E-state index contributed by atoms with van der Waals surface area (Å²) in [4.78, 5) is 11.9. The number of rotatable bonds is 4. The topological polar surface area (TPSA) is 57.0 Å². The zero-order valence-corrected chi connectivity index (χ0v) is 16.9. The van der Waals surface area contributed by atoms with E-state index in [9.17, 15) is 4.79 Å². The molecule has 1 fully saturated rings. The van der Waals surface area contributed by atoms with Crippen molar-refractivity contribution in [2.24, 2.45) is 0 Å². The number of hydrogen-bond acceptors (Lipinski definition) is 4. The maximum absolute atomic E-state index is 11.9. The first-order chi connectivity index (χ1) is 12.5. The number of cyclic esters (lactones) is 1. The second-order valence-electron chi connectivity index (χ2n) is 6.28. The smallest absolute Gasteiger partial charge is 0.306 e. The van der Waals surface area contributed by atoms with Gasteiger partial charge in [-0.25, -0.2) is 4.68 Å². The minimum Gasteiger partial charge on any atom is -0.452 e. The van der Waals surface area contributed by atoms with Gasteiger partial charge in [0.1, 0.15) is 5.69 Å². The quantitative estimate of drug-likeness (QED) is 0.512. The second-order valence-corrected chi connectivity index (χ2v) is 8.11. The highest BCUT2D eigenvalue weighted by Gasteiger charge is 2.42. The van der Waals surface area contributed by atoms with Crippen molar-refractivity contribution < 1.29 is 9.53 Å². The van der Waals surface area contributed by atoms with E-state index in [0.29, 0.717) is 19.4 Å². The maximum Gasteiger partial charge on any atom is 0.306 e. The normalized spacial score (nSPS) is 19.5. The number of halogens is 2. The van der Waals surface area contributed by atoms with Crippen molar-refractivity contribution in [1.29, 1.82) is 0 Å². The Morgan fingerprint density at radius 2 is 1.69 bits per heavy atom. The first-order valence-corrected chi connectivity index (χ1v) is 9.77. The number of nitrogens with zero attached hydrogens (tertiary/aromatic N) is 3. The number of hydrogen-bond donors (Lipinski definition) is 0. The van der Waals surface area contributed by atoms with Gasteiger partial charge >= 0.3 is 5.97 Å². The van der Waals surface area contributed by atoms with E-state index in [1.54, 1.807) is 4.68 Å². The van der Waals surface area contributed by atoms with Gasteiger partial charge in [0, 0.05) is 27.4 Å². The molecular formula is C19H15Br2N3O2. The summed E-state index contributed by atoms with van der Waals surface area (Å²) in [5.41, 5.74) is 2.03. The molecule has 0 spiro atoms. The van der Waals surface area contributed by atoms with Gasteiger partial charge in [0.25, 0.3) is 0 Å². The molecule has 5 nitrogen and oxygen atoms in total. The Bertz CT molecular complexity index is 938. The molecule has 1 saturated heterocycles. The SMILES string of the molecule is O=C1CC[C@@](Cn2cc(-c3ccc(Br)cc3)nn2)(c2ccc(Br)cc2)O1. The fraction of sp³-hybridized carbons (Fsp3) is 0.211. The Morgan fingerprint density at radius 1 is 1.04 bits per heavy atom. The lowest BCUT2D eigenvalue weighted by molar-refractivity contribution is -0.150. The van der Waals surface area contributed by atoms with Crippen molar-refractivity contribution in [3.63, 3.8) is 0 Å². The van der Waals surface area contributed by atoms with Gasteiger partial charge in [0.05, 0.1) is 12.7 Å². The summed E-state index contributed by atoms with van der Waals surface area (Å²) in [6.45, 7) is 0.434. The molecule has 1 aromatic heterocycles. The molecule has 2 heterocycles. The molecule has 1 aliphatic heterocycles. The third-order valence-corrected chi connectivity index (χ3v) is 5.57. The van der Waals surface area contributed by atoms with Gasteiger partial charge in [-0.2, -0.15) is 0 Å². The Labute approximate surface area is 167 Å². The van der Waals surface area contributed by atoms with Crippen molar-refractivity contribution in [1.82, 2.24) is 15.0 Å². The van der Waals surface area contributed by atoms with E-state index in [0.717, 1.165) is 25.8 Å². The highest BCUT2D eigenvalue weighted by atomic mass is 79.9. The average molecular weight is 477 g/mol. The molecule has 1 atom stereocenters. The molecule has 0 radical (unpaired) electrons. The van der Waals surface area contributed by atoms with Crippen LogP contribution in [0.1, 0.15) is 18.4 Å². The molecular weight excluding hydrogens is 462 g/mol. The van der Waals surface area contributed by atoms with Crippen LogP contribution in [0, 0.1) is 0 Å². The molecule has 0 N–H and O–H groups in total. The van der Waals surface area contributed by atoms with E-state index < -0.39 is 5.60 Å². The summed E-state index contributed by atoms with van der Waals surface area (Å²) in [5.74, 6) is -0.179. The van der Waals surface area contributed by atoms with E-state index in [1.807, 2.05) is 54.7 Å². The van der Waals surface area contributed by atoms with Crippen LogP contribution in [-0.2, 0) is 21.7 Å². The third-order valence-electron chi connectivity index (χ3n) is 4.51. The Morgan fingerprint density at radius 3 is 2.31 bits per heavy atom. The number of esters is 1. The summed E-state index contributed by atoms with van der Waals surface area (Å²) in [5, 5.41) is 8.51. The first-order valence-electron chi connectivity index (χ1n) is 8.18. The number of benzene rings is 2. The van der Waals surface area contributed by atoms with Gasteiger partial charge in [-0.15, -0.1) is 5.10 Å². The standard InChI is InChI=1S/C19H15Br2N3O2/c20-15-5-1-13(2-6-15)17-11-24(23-22-17)12-19(10-9-18(25)26-19)14-3-7-16(21)8-4-14/h1-8,11H,9-10,12H2/t19-/m1/s1. The highest BCUT2D eigenvalue weighted by Crippen LogP contribution is 2.39. The number of ether oxygens (including phenoxy) is 1. The summed E-state index contributed by atoms with van der Waals surface area (Å²) in [6, 6.07) is 15.8. The fourth-order valence-corrected chi connectivity index (χ4v) is 3.70. The van der Waals surface area contributed by atoms with Crippen LogP contribution in [-0.4, -0.2) is 21.0 Å². The van der Waals surface area contributed by atoms with E-state index in [4.69, 9.17) is 4.74 Å². The van der Waals surface area contributed by atoms with Gasteiger partial charge in [-0.05, 0) is 29.8 Å². The van der Waals surface area contributed by atoms with Gasteiger partial charge in [0.2, 0.25) is 0 Å². The van der Waals surface area contributed by atoms with Crippen LogP contribution < -0.4 is 0 Å². The Balaban J connectivity index is 1.64. The number of aromatic nitrogens is 3. The van der Waals surface area contributed by atoms with Gasteiger partial charge in [-0.1, -0.05) is 61.3 Å². The summed E-state index contributed by atoms with van der Waals surface area (Å²) in [6.07, 6.45) is 2.92. The average Bonchev–Trinajstić information content (AvgIpc) is 3.24. The summed E-state index contributed by atoms with van der Waals surface area (Å²) < 4.78 is 9.51. The fourth-order valence-electron chi connectivity index (χ4n) is 3.17. The zero-order valence-electron chi connectivity index (χ0n) is 13.7.